The summed E-state index contributed by atoms with van der Waals surface area (Å²) < 4.78 is 67.3. The van der Waals surface area contributed by atoms with E-state index >= 15 is 0 Å². The molecule has 0 unspecified atom stereocenters. The minimum Gasteiger partial charge on any atom is -0.404 e. The highest BCUT2D eigenvalue weighted by Gasteiger charge is 2.33. The summed E-state index contributed by atoms with van der Waals surface area (Å²) in [7, 11) is -4.15. The van der Waals surface area contributed by atoms with Crippen molar-refractivity contribution >= 4 is 15.8 Å². The molecule has 2 aromatic rings. The molecule has 2 N–H and O–H groups in total. The van der Waals surface area contributed by atoms with Gasteiger partial charge in [-0.2, -0.15) is 0 Å². The lowest BCUT2D eigenvalue weighted by Gasteiger charge is -2.14. The van der Waals surface area contributed by atoms with E-state index in [1.54, 1.807) is 24.4 Å². The fourth-order valence-electron chi connectivity index (χ4n) is 1.80. The fourth-order valence-corrected chi connectivity index (χ4v) is 2.96. The Kier molecular flexibility index (Phi) is 5.62. The van der Waals surface area contributed by atoms with Gasteiger partial charge in [-0.15, -0.1) is 13.2 Å². The molecule has 130 valence electrons. The van der Waals surface area contributed by atoms with Crippen LogP contribution in [-0.4, -0.2) is 32.9 Å². The number of hydrogen-bond donors (Lipinski definition) is 2. The standard InChI is InChI=1S/C14H14F3N3O3S/c15-14(16,17)23-11-5-1-2-6-12(11)24(21,22)20-10-9-19-13-7-3-4-8-18-13/h1-8,20H,9-10H2,(H,18,19). The minimum atomic E-state index is -4.98. The van der Waals surface area contributed by atoms with Crippen molar-refractivity contribution in [1.29, 1.82) is 0 Å². The van der Waals surface area contributed by atoms with Crippen LogP contribution in [0.5, 0.6) is 5.75 Å². The smallest absolute Gasteiger partial charge is 0.404 e. The fraction of sp³-hybridized carbons (Fsp3) is 0.214. The van der Waals surface area contributed by atoms with Crippen LogP contribution in [0.25, 0.3) is 0 Å². The Balaban J connectivity index is 2.00. The number of aromatic nitrogens is 1. The van der Waals surface area contributed by atoms with Crippen LogP contribution in [0.4, 0.5) is 19.0 Å². The second-order valence-electron chi connectivity index (χ2n) is 4.53. The first kappa shape index (κ1) is 18.0. The number of halogens is 3. The van der Waals surface area contributed by atoms with Gasteiger partial charge in [-0.25, -0.2) is 18.1 Å². The average molecular weight is 361 g/mol. The van der Waals surface area contributed by atoms with Crippen LogP contribution in [0.1, 0.15) is 0 Å². The molecule has 10 heteroatoms. The van der Waals surface area contributed by atoms with Crippen LogP contribution >= 0.6 is 0 Å². The Morgan fingerprint density at radius 2 is 1.75 bits per heavy atom. The van der Waals surface area contributed by atoms with Gasteiger partial charge in [-0.3, -0.25) is 0 Å². The first-order valence-corrected chi connectivity index (χ1v) is 8.25. The van der Waals surface area contributed by atoms with Crippen molar-refractivity contribution < 1.29 is 26.3 Å². The maximum Gasteiger partial charge on any atom is 0.573 e. The molecule has 0 amide bonds. The van der Waals surface area contributed by atoms with Crippen molar-refractivity contribution in [2.45, 2.75) is 11.3 Å². The quantitative estimate of drug-likeness (QED) is 0.740. The summed E-state index contributed by atoms with van der Waals surface area (Å²) in [4.78, 5) is 3.41. The molecule has 0 spiro atoms. The number of benzene rings is 1. The highest BCUT2D eigenvalue weighted by molar-refractivity contribution is 7.89. The van der Waals surface area contributed by atoms with Gasteiger partial charge in [0, 0.05) is 19.3 Å². The SMILES string of the molecule is O=S(=O)(NCCNc1ccccn1)c1ccccc1OC(F)(F)F. The molecular weight excluding hydrogens is 347 g/mol. The molecule has 1 aromatic carbocycles. The number of alkyl halides is 3. The number of nitrogens with one attached hydrogen (secondary N) is 2. The Labute approximate surface area is 136 Å². The van der Waals surface area contributed by atoms with Crippen molar-refractivity contribution in [3.05, 3.63) is 48.7 Å². The van der Waals surface area contributed by atoms with Crippen LogP contribution in [0.2, 0.25) is 0 Å². The Morgan fingerprint density at radius 3 is 2.42 bits per heavy atom. The van der Waals surface area contributed by atoms with Crippen molar-refractivity contribution in [2.24, 2.45) is 0 Å². The molecular formula is C14H14F3N3O3S. The van der Waals surface area contributed by atoms with Crippen LogP contribution < -0.4 is 14.8 Å². The number of pyridine rings is 1. The van der Waals surface area contributed by atoms with Gasteiger partial charge in [0.1, 0.15) is 16.5 Å². The normalized spacial score (nSPS) is 12.0. The first-order chi connectivity index (χ1) is 11.3. The monoisotopic (exact) mass is 361 g/mol. The third kappa shape index (κ3) is 5.39. The van der Waals surface area contributed by atoms with Gasteiger partial charge in [0.25, 0.3) is 0 Å². The molecule has 1 heterocycles. The summed E-state index contributed by atoms with van der Waals surface area (Å²) in [6.45, 7) is 0.164. The first-order valence-electron chi connectivity index (χ1n) is 6.77. The number of hydrogen-bond acceptors (Lipinski definition) is 5. The summed E-state index contributed by atoms with van der Waals surface area (Å²) >= 11 is 0. The van der Waals surface area contributed by atoms with E-state index in [2.05, 4.69) is 19.8 Å². The highest BCUT2D eigenvalue weighted by atomic mass is 32.2. The van der Waals surface area contributed by atoms with Gasteiger partial charge >= 0.3 is 6.36 Å². The number of rotatable bonds is 7. The van der Waals surface area contributed by atoms with E-state index in [-0.39, 0.29) is 13.1 Å². The Morgan fingerprint density at radius 1 is 1.04 bits per heavy atom. The van der Waals surface area contributed by atoms with Gasteiger partial charge in [-0.05, 0) is 24.3 Å². The van der Waals surface area contributed by atoms with Gasteiger partial charge in [0.05, 0.1) is 0 Å². The summed E-state index contributed by atoms with van der Waals surface area (Å²) in [6.07, 6.45) is -3.41. The zero-order valence-corrected chi connectivity index (χ0v) is 13.1. The Bertz CT molecular complexity index is 768. The zero-order valence-electron chi connectivity index (χ0n) is 12.2. The van der Waals surface area contributed by atoms with E-state index < -0.39 is 27.0 Å². The van der Waals surface area contributed by atoms with E-state index in [0.717, 1.165) is 12.1 Å². The van der Waals surface area contributed by atoms with Crippen molar-refractivity contribution in [3.63, 3.8) is 0 Å². The van der Waals surface area contributed by atoms with Crippen molar-refractivity contribution in [1.82, 2.24) is 9.71 Å². The molecule has 0 saturated heterocycles. The summed E-state index contributed by atoms with van der Waals surface area (Å²) in [6, 6.07) is 9.72. The second kappa shape index (κ2) is 7.49. The van der Waals surface area contributed by atoms with Gasteiger partial charge in [0.2, 0.25) is 10.0 Å². The largest absolute Gasteiger partial charge is 0.573 e. The molecule has 2 rings (SSSR count). The molecule has 6 nitrogen and oxygen atoms in total. The van der Waals surface area contributed by atoms with E-state index in [4.69, 9.17) is 0 Å². The van der Waals surface area contributed by atoms with Gasteiger partial charge in [0.15, 0.2) is 0 Å². The van der Waals surface area contributed by atoms with Crippen molar-refractivity contribution in [2.75, 3.05) is 18.4 Å². The number of nitrogens with zero attached hydrogens (tertiary/aromatic N) is 1. The average Bonchev–Trinajstić information content (AvgIpc) is 2.51. The molecule has 0 aliphatic heterocycles. The molecule has 0 aliphatic carbocycles. The van der Waals surface area contributed by atoms with Crippen LogP contribution in [0, 0.1) is 0 Å². The molecule has 0 fully saturated rings. The topological polar surface area (TPSA) is 80.3 Å². The number of ether oxygens (including phenoxy) is 1. The molecule has 1 aromatic heterocycles. The highest BCUT2D eigenvalue weighted by Crippen LogP contribution is 2.29. The third-order valence-corrected chi connectivity index (χ3v) is 4.25. The number of para-hydroxylation sites is 1. The van der Waals surface area contributed by atoms with Gasteiger partial charge in [-0.1, -0.05) is 18.2 Å². The molecule has 0 radical (unpaired) electrons. The number of sulfonamides is 1. The van der Waals surface area contributed by atoms with Crippen LogP contribution in [0.15, 0.2) is 53.6 Å². The number of anilines is 1. The maximum absolute atomic E-state index is 12.3. The summed E-state index contributed by atoms with van der Waals surface area (Å²) in [5.74, 6) is -0.229. The van der Waals surface area contributed by atoms with Crippen molar-refractivity contribution in [3.8, 4) is 5.75 Å². The Hall–Kier alpha value is -2.33. The maximum atomic E-state index is 12.3. The molecule has 24 heavy (non-hydrogen) atoms. The minimum absolute atomic E-state index is 0.0424. The van der Waals surface area contributed by atoms with E-state index in [0.29, 0.717) is 5.82 Å². The zero-order chi connectivity index (χ0) is 17.6. The molecule has 0 saturated carbocycles. The summed E-state index contributed by atoms with van der Waals surface area (Å²) in [5.41, 5.74) is 0. The van der Waals surface area contributed by atoms with Crippen LogP contribution in [-0.2, 0) is 10.0 Å². The van der Waals surface area contributed by atoms with Crippen LogP contribution in [0.3, 0.4) is 0 Å². The summed E-state index contributed by atoms with van der Waals surface area (Å²) in [5, 5.41) is 2.87. The molecule has 0 bridgehead atoms. The predicted molar refractivity (Wildman–Crippen MR) is 81.0 cm³/mol. The molecule has 0 atom stereocenters. The van der Waals surface area contributed by atoms with E-state index in [1.165, 1.54) is 12.1 Å². The molecule has 0 aliphatic rings. The third-order valence-electron chi connectivity index (χ3n) is 2.75. The lowest BCUT2D eigenvalue weighted by molar-refractivity contribution is -0.275. The lowest BCUT2D eigenvalue weighted by Crippen LogP contribution is -2.30. The van der Waals surface area contributed by atoms with E-state index in [9.17, 15) is 21.6 Å². The second-order valence-corrected chi connectivity index (χ2v) is 6.27. The predicted octanol–water partition coefficient (Wildman–Crippen LogP) is 2.37. The van der Waals surface area contributed by atoms with Gasteiger partial charge < -0.3 is 10.1 Å². The lowest BCUT2D eigenvalue weighted by atomic mass is 10.3. The van der Waals surface area contributed by atoms with E-state index in [1.807, 2.05) is 0 Å².